The van der Waals surface area contributed by atoms with E-state index in [1.807, 2.05) is 17.7 Å². The van der Waals surface area contributed by atoms with Gasteiger partial charge in [-0.25, -0.2) is 4.98 Å². The molecule has 4 heteroatoms. The standard InChI is InChI=1S/C5H4N2S2/c1-4-2-8-5(7-4)9-3-6/h2H,1H3. The van der Waals surface area contributed by atoms with Gasteiger partial charge in [0.1, 0.15) is 5.40 Å². The smallest absolute Gasteiger partial charge is 0.164 e. The number of hydrogen-bond acceptors (Lipinski definition) is 4. The minimum absolute atomic E-state index is 0.829. The molecule has 1 rings (SSSR count). The first-order valence-corrected chi connectivity index (χ1v) is 4.00. The molecule has 0 spiro atoms. The van der Waals surface area contributed by atoms with Crippen molar-refractivity contribution in [3.8, 4) is 5.40 Å². The van der Waals surface area contributed by atoms with E-state index in [-0.39, 0.29) is 0 Å². The number of thiocyanates is 1. The highest BCUT2D eigenvalue weighted by Crippen LogP contribution is 2.20. The summed E-state index contributed by atoms with van der Waals surface area (Å²) in [5.41, 5.74) is 0.984. The highest BCUT2D eigenvalue weighted by molar-refractivity contribution is 8.05. The molecule has 0 aliphatic carbocycles. The van der Waals surface area contributed by atoms with Crippen LogP contribution in [0, 0.1) is 17.6 Å². The van der Waals surface area contributed by atoms with Gasteiger partial charge in [0.05, 0.1) is 0 Å². The maximum atomic E-state index is 8.21. The molecule has 0 saturated carbocycles. The third-order valence-corrected chi connectivity index (χ3v) is 2.38. The van der Waals surface area contributed by atoms with Gasteiger partial charge in [-0.1, -0.05) is 0 Å². The van der Waals surface area contributed by atoms with E-state index in [2.05, 4.69) is 4.98 Å². The van der Waals surface area contributed by atoms with E-state index in [4.69, 9.17) is 5.26 Å². The largest absolute Gasteiger partial charge is 0.234 e. The topological polar surface area (TPSA) is 36.7 Å². The molecule has 1 heterocycles. The highest BCUT2D eigenvalue weighted by Gasteiger charge is 1.95. The van der Waals surface area contributed by atoms with Gasteiger partial charge in [0.15, 0.2) is 4.34 Å². The van der Waals surface area contributed by atoms with Gasteiger partial charge in [-0.3, -0.25) is 0 Å². The molecule has 0 atom stereocenters. The molecule has 0 unspecified atom stereocenters. The second-order valence-corrected chi connectivity index (χ2v) is 3.34. The van der Waals surface area contributed by atoms with Crippen molar-refractivity contribution in [2.45, 2.75) is 11.3 Å². The summed E-state index contributed by atoms with van der Waals surface area (Å²) in [6.45, 7) is 1.91. The normalized spacial score (nSPS) is 8.89. The summed E-state index contributed by atoms with van der Waals surface area (Å²) in [6, 6.07) is 0. The average Bonchev–Trinajstić information content (AvgIpc) is 2.17. The van der Waals surface area contributed by atoms with Gasteiger partial charge in [0, 0.05) is 22.8 Å². The van der Waals surface area contributed by atoms with Crippen molar-refractivity contribution in [2.24, 2.45) is 0 Å². The molecule has 0 aliphatic heterocycles. The molecule has 0 aliphatic rings. The molecule has 46 valence electrons. The Morgan fingerprint density at radius 2 is 2.67 bits per heavy atom. The van der Waals surface area contributed by atoms with Crippen LogP contribution >= 0.6 is 23.1 Å². The van der Waals surface area contributed by atoms with Gasteiger partial charge in [-0.05, 0) is 6.92 Å². The van der Waals surface area contributed by atoms with Crippen LogP contribution in [0.2, 0.25) is 0 Å². The quantitative estimate of drug-likeness (QED) is 0.461. The third-order valence-electron chi connectivity index (χ3n) is 0.731. The fourth-order valence-corrected chi connectivity index (χ4v) is 1.66. The summed E-state index contributed by atoms with van der Waals surface area (Å²) in [5, 5.41) is 12.1. The number of thiazole rings is 1. The van der Waals surface area contributed by atoms with Gasteiger partial charge in [-0.2, -0.15) is 5.26 Å². The number of thioether (sulfide) groups is 1. The zero-order valence-electron chi connectivity index (χ0n) is 4.79. The van der Waals surface area contributed by atoms with E-state index in [0.29, 0.717) is 0 Å². The maximum Gasteiger partial charge on any atom is 0.164 e. The molecule has 1 aromatic rings. The first kappa shape index (κ1) is 6.59. The first-order chi connectivity index (χ1) is 4.33. The lowest BCUT2D eigenvalue weighted by atomic mass is 10.6. The molecule has 2 nitrogen and oxygen atoms in total. The number of hydrogen-bond donors (Lipinski definition) is 0. The van der Waals surface area contributed by atoms with Crippen LogP contribution < -0.4 is 0 Å². The maximum absolute atomic E-state index is 8.21. The second kappa shape index (κ2) is 2.85. The van der Waals surface area contributed by atoms with Crippen molar-refractivity contribution in [2.75, 3.05) is 0 Å². The lowest BCUT2D eigenvalue weighted by Gasteiger charge is -1.76. The van der Waals surface area contributed by atoms with E-state index >= 15 is 0 Å². The minimum atomic E-state index is 0.829. The number of rotatable bonds is 1. The Morgan fingerprint density at radius 3 is 3.11 bits per heavy atom. The first-order valence-electron chi connectivity index (χ1n) is 2.31. The Morgan fingerprint density at radius 1 is 1.89 bits per heavy atom. The van der Waals surface area contributed by atoms with Crippen LogP contribution in [0.3, 0.4) is 0 Å². The summed E-state index contributed by atoms with van der Waals surface area (Å²) in [6.07, 6.45) is 0. The van der Waals surface area contributed by atoms with E-state index in [1.54, 1.807) is 0 Å². The molecule has 9 heavy (non-hydrogen) atoms. The van der Waals surface area contributed by atoms with Crippen molar-refractivity contribution in [3.63, 3.8) is 0 Å². The van der Waals surface area contributed by atoms with E-state index < -0.39 is 0 Å². The summed E-state index contributed by atoms with van der Waals surface area (Å²) in [7, 11) is 0. The van der Waals surface area contributed by atoms with Crippen molar-refractivity contribution >= 4 is 23.1 Å². The van der Waals surface area contributed by atoms with Gasteiger partial charge in [0.25, 0.3) is 0 Å². The zero-order valence-corrected chi connectivity index (χ0v) is 6.42. The van der Waals surface area contributed by atoms with Gasteiger partial charge in [-0.15, -0.1) is 11.3 Å². The summed E-state index contributed by atoms with van der Waals surface area (Å²) >= 11 is 2.61. The van der Waals surface area contributed by atoms with Crippen LogP contribution in [-0.4, -0.2) is 4.98 Å². The lowest BCUT2D eigenvalue weighted by Crippen LogP contribution is -1.66. The Labute approximate surface area is 61.5 Å². The van der Waals surface area contributed by atoms with Crippen molar-refractivity contribution in [1.29, 1.82) is 5.26 Å². The molecular formula is C5H4N2S2. The van der Waals surface area contributed by atoms with Crippen LogP contribution in [0.25, 0.3) is 0 Å². The average molecular weight is 156 g/mol. The van der Waals surface area contributed by atoms with Gasteiger partial charge in [0.2, 0.25) is 0 Å². The number of nitrogens with zero attached hydrogens (tertiary/aromatic N) is 2. The molecule has 0 saturated heterocycles. The van der Waals surface area contributed by atoms with Gasteiger partial charge < -0.3 is 0 Å². The SMILES string of the molecule is Cc1csc(SC#N)n1. The summed E-state index contributed by atoms with van der Waals surface area (Å²) in [5.74, 6) is 0. The van der Waals surface area contributed by atoms with Crippen LogP contribution in [0.1, 0.15) is 5.69 Å². The Bertz CT molecular complexity index is 235. The molecule has 0 fully saturated rings. The van der Waals surface area contributed by atoms with Crippen LogP contribution in [0.15, 0.2) is 9.72 Å². The Kier molecular flexibility index (Phi) is 2.09. The number of aryl methyl sites for hydroxylation is 1. The van der Waals surface area contributed by atoms with Crippen molar-refractivity contribution in [1.82, 2.24) is 4.98 Å². The minimum Gasteiger partial charge on any atom is -0.234 e. The molecule has 0 amide bonds. The zero-order chi connectivity index (χ0) is 6.69. The molecule has 0 N–H and O–H groups in total. The summed E-state index contributed by atoms with van der Waals surface area (Å²) < 4.78 is 0.829. The molecule has 0 aromatic carbocycles. The van der Waals surface area contributed by atoms with Crippen molar-refractivity contribution < 1.29 is 0 Å². The summed E-state index contributed by atoms with van der Waals surface area (Å²) in [4.78, 5) is 4.06. The number of nitriles is 1. The van der Waals surface area contributed by atoms with E-state index in [9.17, 15) is 0 Å². The molecular weight excluding hydrogens is 152 g/mol. The fraction of sp³-hybridized carbons (Fsp3) is 0.200. The number of aromatic nitrogens is 1. The molecule has 1 aromatic heterocycles. The van der Waals surface area contributed by atoms with Crippen LogP contribution in [-0.2, 0) is 0 Å². The third kappa shape index (κ3) is 1.70. The van der Waals surface area contributed by atoms with Gasteiger partial charge >= 0.3 is 0 Å². The highest BCUT2D eigenvalue weighted by atomic mass is 32.2. The molecule has 0 radical (unpaired) electrons. The fourth-order valence-electron chi connectivity index (χ4n) is 0.418. The monoisotopic (exact) mass is 156 g/mol. The lowest BCUT2D eigenvalue weighted by molar-refractivity contribution is 1.16. The van der Waals surface area contributed by atoms with Crippen LogP contribution in [0.4, 0.5) is 0 Å². The predicted molar refractivity (Wildman–Crippen MR) is 38.3 cm³/mol. The molecule has 0 bridgehead atoms. The Hall–Kier alpha value is -0.530. The van der Waals surface area contributed by atoms with E-state index in [0.717, 1.165) is 21.8 Å². The van der Waals surface area contributed by atoms with E-state index in [1.165, 1.54) is 11.3 Å². The predicted octanol–water partition coefficient (Wildman–Crippen LogP) is 2.02. The van der Waals surface area contributed by atoms with Crippen LogP contribution in [0.5, 0.6) is 0 Å². The second-order valence-electron chi connectivity index (χ2n) is 1.45. The van der Waals surface area contributed by atoms with Crippen molar-refractivity contribution in [3.05, 3.63) is 11.1 Å². The Balaban J connectivity index is 2.76.